The molecule has 2 saturated heterocycles. The highest BCUT2D eigenvalue weighted by molar-refractivity contribution is 7.90. The number of rotatable bonds is 3. The van der Waals surface area contributed by atoms with Gasteiger partial charge in [0, 0.05) is 25.3 Å². The van der Waals surface area contributed by atoms with Crippen LogP contribution in [0.4, 0.5) is 0 Å². The van der Waals surface area contributed by atoms with Crippen LogP contribution in [0, 0.1) is 0 Å². The molecule has 3 aliphatic rings. The highest BCUT2D eigenvalue weighted by Gasteiger charge is 2.39. The summed E-state index contributed by atoms with van der Waals surface area (Å²) in [6, 6.07) is 6.39. The molecule has 2 fully saturated rings. The molecule has 0 saturated carbocycles. The van der Waals surface area contributed by atoms with E-state index in [2.05, 4.69) is 9.71 Å². The normalized spacial score (nSPS) is 27.2. The Bertz CT molecular complexity index is 815. The molecule has 2 atom stereocenters. The van der Waals surface area contributed by atoms with Crippen molar-refractivity contribution in [2.75, 3.05) is 19.7 Å². The summed E-state index contributed by atoms with van der Waals surface area (Å²) >= 11 is 0. The number of amidine groups is 1. The number of carbonyl (C=O) groups excluding carboxylic acids is 1. The first-order valence-electron chi connectivity index (χ1n) is 8.66. The summed E-state index contributed by atoms with van der Waals surface area (Å²) in [5.74, 6) is 0.308. The molecule has 7 nitrogen and oxygen atoms in total. The van der Waals surface area contributed by atoms with Crippen LogP contribution in [0.3, 0.4) is 0 Å². The largest absolute Gasteiger partial charge is 0.376 e. The summed E-state index contributed by atoms with van der Waals surface area (Å²) in [5, 5.41) is 2.95. The molecule has 1 amide bonds. The highest BCUT2D eigenvalue weighted by Crippen LogP contribution is 2.31. The molecule has 3 heterocycles. The number of nitrogens with zero attached hydrogens (tertiary/aromatic N) is 2. The number of nitrogens with one attached hydrogen (secondary N) is 1. The molecule has 1 aromatic rings. The van der Waals surface area contributed by atoms with E-state index in [9.17, 15) is 13.2 Å². The summed E-state index contributed by atoms with van der Waals surface area (Å²) < 4.78 is 34.0. The molecule has 0 aromatic heterocycles. The van der Waals surface area contributed by atoms with E-state index in [0.29, 0.717) is 30.9 Å². The van der Waals surface area contributed by atoms with Crippen LogP contribution >= 0.6 is 0 Å². The maximum atomic E-state index is 12.6. The number of hydrogen-bond donors (Lipinski definition) is 1. The van der Waals surface area contributed by atoms with E-state index in [4.69, 9.17) is 4.74 Å². The summed E-state index contributed by atoms with van der Waals surface area (Å²) in [7, 11) is -3.67. The number of fused-ring (bicyclic) bond motifs is 1. The van der Waals surface area contributed by atoms with E-state index in [0.717, 1.165) is 25.9 Å². The minimum Gasteiger partial charge on any atom is -0.376 e. The van der Waals surface area contributed by atoms with Crippen molar-refractivity contribution < 1.29 is 17.9 Å². The number of carbonyl (C=O) groups is 1. The lowest BCUT2D eigenvalue weighted by atomic mass is 10.1. The molecule has 0 radical (unpaired) electrons. The summed E-state index contributed by atoms with van der Waals surface area (Å²) in [5.41, 5.74) is 0.585. The predicted octanol–water partition coefficient (Wildman–Crippen LogP) is 0.895. The predicted molar refractivity (Wildman–Crippen MR) is 91.9 cm³/mol. The van der Waals surface area contributed by atoms with E-state index in [1.54, 1.807) is 24.3 Å². The van der Waals surface area contributed by atoms with Crippen molar-refractivity contribution in [2.45, 2.75) is 42.7 Å². The minimum absolute atomic E-state index is 0.0857. The Hall–Kier alpha value is -1.93. The van der Waals surface area contributed by atoms with Crippen molar-refractivity contribution in [3.05, 3.63) is 29.8 Å². The molecule has 1 aromatic carbocycles. The van der Waals surface area contributed by atoms with Gasteiger partial charge >= 0.3 is 0 Å². The lowest BCUT2D eigenvalue weighted by molar-refractivity contribution is -0.124. The lowest BCUT2D eigenvalue weighted by Gasteiger charge is -2.26. The smallest absolute Gasteiger partial charge is 0.285 e. The summed E-state index contributed by atoms with van der Waals surface area (Å²) in [6.07, 6.45) is 3.61. The van der Waals surface area contributed by atoms with Gasteiger partial charge in [-0.05, 0) is 37.8 Å². The monoisotopic (exact) mass is 363 g/mol. The zero-order valence-electron chi connectivity index (χ0n) is 13.8. The standard InChI is InChI=1S/C17H21N3O4S/c21-17(18-11-12-5-4-10-24-12)14-7-3-9-20(14)16-13-6-1-2-8-15(13)25(22,23)19-16/h1-2,6,8,12,14H,3-5,7,9-11H2,(H,18,21)/t12?,14-/m0/s1. The zero-order valence-corrected chi connectivity index (χ0v) is 14.7. The van der Waals surface area contributed by atoms with Gasteiger partial charge in [0.1, 0.15) is 10.9 Å². The minimum atomic E-state index is -3.67. The number of amides is 1. The quantitative estimate of drug-likeness (QED) is 0.862. The molecule has 134 valence electrons. The lowest BCUT2D eigenvalue weighted by Crippen LogP contribution is -2.47. The molecule has 0 spiro atoms. The molecule has 0 bridgehead atoms. The van der Waals surface area contributed by atoms with Crippen molar-refractivity contribution in [1.82, 2.24) is 10.2 Å². The van der Waals surface area contributed by atoms with Crippen LogP contribution in [0.5, 0.6) is 0 Å². The van der Waals surface area contributed by atoms with Crippen LogP contribution in [0.25, 0.3) is 0 Å². The topological polar surface area (TPSA) is 88.1 Å². The van der Waals surface area contributed by atoms with Crippen molar-refractivity contribution in [2.24, 2.45) is 4.40 Å². The van der Waals surface area contributed by atoms with Crippen LogP contribution in [0.15, 0.2) is 33.6 Å². The Balaban J connectivity index is 1.53. The first-order valence-corrected chi connectivity index (χ1v) is 10.1. The second kappa shape index (κ2) is 6.42. The van der Waals surface area contributed by atoms with Crippen molar-refractivity contribution in [3.63, 3.8) is 0 Å². The number of likely N-dealkylation sites (tertiary alicyclic amines) is 1. The average Bonchev–Trinajstić information content (AvgIpc) is 3.32. The van der Waals surface area contributed by atoms with Gasteiger partial charge in [-0.1, -0.05) is 12.1 Å². The van der Waals surface area contributed by atoms with Crippen molar-refractivity contribution >= 4 is 21.8 Å². The molecule has 1 N–H and O–H groups in total. The second-order valence-electron chi connectivity index (χ2n) is 6.62. The Morgan fingerprint density at radius 1 is 1.28 bits per heavy atom. The SMILES string of the molecule is O=C(NCC1CCCO1)[C@@H]1CCCN1C1=NS(=O)(=O)c2ccccc21. The third-order valence-corrected chi connectivity index (χ3v) is 6.29. The fourth-order valence-corrected chi connectivity index (χ4v) is 4.94. The van der Waals surface area contributed by atoms with Crippen molar-refractivity contribution in [1.29, 1.82) is 0 Å². The zero-order chi connectivity index (χ0) is 17.4. The summed E-state index contributed by atoms with van der Waals surface area (Å²) in [4.78, 5) is 14.7. The van der Waals surface area contributed by atoms with Gasteiger partial charge in [-0.25, -0.2) is 0 Å². The van der Waals surface area contributed by atoms with Crippen LogP contribution in [-0.2, 0) is 19.6 Å². The number of hydrogen-bond acceptors (Lipinski definition) is 5. The van der Waals surface area contributed by atoms with Crippen LogP contribution < -0.4 is 5.32 Å². The third kappa shape index (κ3) is 3.04. The van der Waals surface area contributed by atoms with Gasteiger partial charge in [0.25, 0.3) is 10.0 Å². The van der Waals surface area contributed by atoms with Gasteiger partial charge < -0.3 is 15.0 Å². The Morgan fingerprint density at radius 3 is 2.92 bits per heavy atom. The van der Waals surface area contributed by atoms with Gasteiger partial charge in [-0.3, -0.25) is 4.79 Å². The van der Waals surface area contributed by atoms with Gasteiger partial charge in [0.05, 0.1) is 6.10 Å². The fourth-order valence-electron chi connectivity index (χ4n) is 3.73. The van der Waals surface area contributed by atoms with E-state index in [1.807, 2.05) is 4.90 Å². The maximum Gasteiger partial charge on any atom is 0.285 e. The van der Waals surface area contributed by atoms with Gasteiger partial charge in [0.2, 0.25) is 5.91 Å². The maximum absolute atomic E-state index is 12.6. The van der Waals surface area contributed by atoms with Crippen molar-refractivity contribution in [3.8, 4) is 0 Å². The fraction of sp³-hybridized carbons (Fsp3) is 0.529. The van der Waals surface area contributed by atoms with Gasteiger partial charge in [-0.15, -0.1) is 4.40 Å². The van der Waals surface area contributed by atoms with E-state index in [-0.39, 0.29) is 22.9 Å². The Morgan fingerprint density at radius 2 is 2.12 bits per heavy atom. The van der Waals surface area contributed by atoms with E-state index >= 15 is 0 Å². The van der Waals surface area contributed by atoms with Gasteiger partial charge in [0.15, 0.2) is 5.84 Å². The molecular formula is C17H21N3O4S. The average molecular weight is 363 g/mol. The first kappa shape index (κ1) is 16.5. The molecular weight excluding hydrogens is 342 g/mol. The van der Waals surface area contributed by atoms with Crippen LogP contribution in [-0.4, -0.2) is 56.9 Å². The third-order valence-electron chi connectivity index (χ3n) is 4.97. The summed E-state index contributed by atoms with van der Waals surface area (Å²) in [6.45, 7) is 1.88. The van der Waals surface area contributed by atoms with Gasteiger partial charge in [-0.2, -0.15) is 8.42 Å². The highest BCUT2D eigenvalue weighted by atomic mass is 32.2. The molecule has 3 aliphatic heterocycles. The molecule has 25 heavy (non-hydrogen) atoms. The molecule has 1 unspecified atom stereocenters. The molecule has 4 rings (SSSR count). The van der Waals surface area contributed by atoms with Crippen LogP contribution in [0.2, 0.25) is 0 Å². The molecule has 0 aliphatic carbocycles. The van der Waals surface area contributed by atoms with E-state index < -0.39 is 10.0 Å². The number of ether oxygens (including phenoxy) is 1. The number of sulfonamides is 1. The van der Waals surface area contributed by atoms with E-state index in [1.165, 1.54) is 0 Å². The number of benzene rings is 1. The first-order chi connectivity index (χ1) is 12.1. The Labute approximate surface area is 147 Å². The Kier molecular flexibility index (Phi) is 4.24. The van der Waals surface area contributed by atoms with Crippen LogP contribution in [0.1, 0.15) is 31.2 Å². The molecule has 8 heteroatoms. The second-order valence-corrected chi connectivity index (χ2v) is 8.19.